The first-order chi connectivity index (χ1) is 8.74. The summed E-state index contributed by atoms with van der Waals surface area (Å²) in [5.74, 6) is 1.91. The van der Waals surface area contributed by atoms with Gasteiger partial charge in [0.2, 0.25) is 0 Å². The van der Waals surface area contributed by atoms with Crippen molar-refractivity contribution in [3.05, 3.63) is 0 Å². The molecule has 0 atom stereocenters. The fraction of sp³-hybridized carbons (Fsp3) is 1.00. The SMILES string of the molecule is CC(C)[C@H]1CC[C@H](N2CCN(C3CC3)CC2)CC1. The molecule has 1 heterocycles. The van der Waals surface area contributed by atoms with E-state index in [1.165, 1.54) is 64.7 Å². The number of hydrogen-bond acceptors (Lipinski definition) is 2. The second kappa shape index (κ2) is 5.50. The molecule has 18 heavy (non-hydrogen) atoms. The molecule has 0 bridgehead atoms. The van der Waals surface area contributed by atoms with Crippen LogP contribution in [0.2, 0.25) is 0 Å². The average Bonchev–Trinajstić information content (AvgIpc) is 3.23. The van der Waals surface area contributed by atoms with Crippen molar-refractivity contribution in [2.75, 3.05) is 26.2 Å². The first-order valence-corrected chi connectivity index (χ1v) is 8.22. The molecule has 0 aromatic heterocycles. The molecule has 0 radical (unpaired) electrons. The monoisotopic (exact) mass is 250 g/mol. The smallest absolute Gasteiger partial charge is 0.0113 e. The predicted octanol–water partition coefficient (Wildman–Crippen LogP) is 2.98. The molecule has 0 amide bonds. The van der Waals surface area contributed by atoms with Gasteiger partial charge < -0.3 is 0 Å². The minimum absolute atomic E-state index is 0.901. The van der Waals surface area contributed by atoms with Crippen molar-refractivity contribution in [1.82, 2.24) is 9.80 Å². The molecule has 3 rings (SSSR count). The van der Waals surface area contributed by atoms with Crippen LogP contribution in [0.1, 0.15) is 52.4 Å². The maximum atomic E-state index is 2.80. The summed E-state index contributed by atoms with van der Waals surface area (Å²) in [4.78, 5) is 5.53. The maximum absolute atomic E-state index is 2.80. The number of piperazine rings is 1. The van der Waals surface area contributed by atoms with E-state index in [0.717, 1.165) is 23.9 Å². The van der Waals surface area contributed by atoms with Crippen molar-refractivity contribution in [1.29, 1.82) is 0 Å². The molecule has 2 heteroatoms. The van der Waals surface area contributed by atoms with Gasteiger partial charge in [0, 0.05) is 38.3 Å². The van der Waals surface area contributed by atoms with Gasteiger partial charge in [-0.3, -0.25) is 9.80 Å². The van der Waals surface area contributed by atoms with E-state index in [4.69, 9.17) is 0 Å². The number of rotatable bonds is 3. The minimum atomic E-state index is 0.901. The van der Waals surface area contributed by atoms with Crippen LogP contribution in [0, 0.1) is 11.8 Å². The Bertz CT molecular complexity index is 236. The van der Waals surface area contributed by atoms with Crippen LogP contribution in [0.15, 0.2) is 0 Å². The Balaban J connectivity index is 1.43. The van der Waals surface area contributed by atoms with Crippen LogP contribution in [-0.4, -0.2) is 48.1 Å². The second-order valence-corrected chi connectivity index (χ2v) is 7.12. The maximum Gasteiger partial charge on any atom is 0.0113 e. The molecule has 2 nitrogen and oxygen atoms in total. The Morgan fingerprint density at radius 2 is 1.06 bits per heavy atom. The molecule has 2 saturated carbocycles. The Hall–Kier alpha value is -0.0800. The molecule has 104 valence electrons. The van der Waals surface area contributed by atoms with Crippen LogP contribution in [0.25, 0.3) is 0 Å². The Morgan fingerprint density at radius 1 is 0.667 bits per heavy atom. The van der Waals surface area contributed by atoms with Crippen molar-refractivity contribution in [2.24, 2.45) is 11.8 Å². The van der Waals surface area contributed by atoms with Gasteiger partial charge in [0.1, 0.15) is 0 Å². The first-order valence-electron chi connectivity index (χ1n) is 8.22. The van der Waals surface area contributed by atoms with Gasteiger partial charge in [0.15, 0.2) is 0 Å². The van der Waals surface area contributed by atoms with E-state index in [-0.39, 0.29) is 0 Å². The van der Waals surface area contributed by atoms with E-state index in [2.05, 4.69) is 23.6 Å². The summed E-state index contributed by atoms with van der Waals surface area (Å²) in [5, 5.41) is 0. The summed E-state index contributed by atoms with van der Waals surface area (Å²) in [6.07, 6.45) is 8.83. The van der Waals surface area contributed by atoms with Crippen LogP contribution < -0.4 is 0 Å². The zero-order chi connectivity index (χ0) is 12.5. The van der Waals surface area contributed by atoms with Crippen LogP contribution in [0.3, 0.4) is 0 Å². The average molecular weight is 250 g/mol. The predicted molar refractivity (Wildman–Crippen MR) is 76.8 cm³/mol. The highest BCUT2D eigenvalue weighted by atomic mass is 15.3. The number of nitrogens with zero attached hydrogens (tertiary/aromatic N) is 2. The molecule has 0 unspecified atom stereocenters. The standard InChI is InChI=1S/C16H30N2/c1-13(2)14-3-5-15(6-4-14)17-9-11-18(12-10-17)16-7-8-16/h13-16H,3-12H2,1-2H3/t14-,15-. The van der Waals surface area contributed by atoms with Crippen molar-refractivity contribution in [3.8, 4) is 0 Å². The largest absolute Gasteiger partial charge is 0.298 e. The highest BCUT2D eigenvalue weighted by molar-refractivity contribution is 4.90. The summed E-state index contributed by atoms with van der Waals surface area (Å²) in [7, 11) is 0. The third-order valence-corrected chi connectivity index (χ3v) is 5.61. The molecule has 3 fully saturated rings. The van der Waals surface area contributed by atoms with Gasteiger partial charge in [-0.15, -0.1) is 0 Å². The summed E-state index contributed by atoms with van der Waals surface area (Å²) < 4.78 is 0. The lowest BCUT2D eigenvalue weighted by molar-refractivity contribution is 0.0624. The van der Waals surface area contributed by atoms with E-state index < -0.39 is 0 Å². The highest BCUT2D eigenvalue weighted by Gasteiger charge is 2.34. The summed E-state index contributed by atoms with van der Waals surface area (Å²) >= 11 is 0. The molecule has 0 aromatic carbocycles. The van der Waals surface area contributed by atoms with Gasteiger partial charge >= 0.3 is 0 Å². The van der Waals surface area contributed by atoms with Crippen molar-refractivity contribution in [2.45, 2.75) is 64.5 Å². The summed E-state index contributed by atoms with van der Waals surface area (Å²) in [6.45, 7) is 10.2. The van der Waals surface area contributed by atoms with E-state index >= 15 is 0 Å². The highest BCUT2D eigenvalue weighted by Crippen LogP contribution is 2.33. The van der Waals surface area contributed by atoms with Crippen LogP contribution in [-0.2, 0) is 0 Å². The van der Waals surface area contributed by atoms with E-state index in [0.29, 0.717) is 0 Å². The third kappa shape index (κ3) is 2.91. The lowest BCUT2D eigenvalue weighted by Crippen LogP contribution is -2.51. The van der Waals surface area contributed by atoms with Gasteiger partial charge in [-0.2, -0.15) is 0 Å². The molecule has 1 aliphatic heterocycles. The zero-order valence-electron chi connectivity index (χ0n) is 12.3. The van der Waals surface area contributed by atoms with Gasteiger partial charge in [-0.25, -0.2) is 0 Å². The zero-order valence-corrected chi connectivity index (χ0v) is 12.3. The van der Waals surface area contributed by atoms with Gasteiger partial charge in [0.05, 0.1) is 0 Å². The van der Waals surface area contributed by atoms with E-state index in [1.54, 1.807) is 0 Å². The fourth-order valence-corrected chi connectivity index (χ4v) is 4.04. The van der Waals surface area contributed by atoms with Crippen molar-refractivity contribution in [3.63, 3.8) is 0 Å². The quantitative estimate of drug-likeness (QED) is 0.760. The molecule has 2 aliphatic carbocycles. The van der Waals surface area contributed by atoms with Crippen molar-refractivity contribution < 1.29 is 0 Å². The second-order valence-electron chi connectivity index (χ2n) is 7.12. The molecular weight excluding hydrogens is 220 g/mol. The van der Waals surface area contributed by atoms with Gasteiger partial charge in [-0.1, -0.05) is 13.8 Å². The Morgan fingerprint density at radius 3 is 1.39 bits per heavy atom. The number of hydrogen-bond donors (Lipinski definition) is 0. The van der Waals surface area contributed by atoms with Gasteiger partial charge in [0.25, 0.3) is 0 Å². The lowest BCUT2D eigenvalue weighted by atomic mass is 9.79. The molecular formula is C16H30N2. The normalized spacial score (nSPS) is 36.2. The molecule has 0 aromatic rings. The van der Waals surface area contributed by atoms with Crippen LogP contribution in [0.5, 0.6) is 0 Å². The van der Waals surface area contributed by atoms with Gasteiger partial charge in [-0.05, 0) is 50.4 Å². The lowest BCUT2D eigenvalue weighted by Gasteiger charge is -2.42. The molecule has 1 saturated heterocycles. The minimum Gasteiger partial charge on any atom is -0.298 e. The summed E-state index contributed by atoms with van der Waals surface area (Å²) in [5.41, 5.74) is 0. The topological polar surface area (TPSA) is 6.48 Å². The first kappa shape index (κ1) is 12.9. The van der Waals surface area contributed by atoms with E-state index in [9.17, 15) is 0 Å². The molecule has 3 aliphatic rings. The molecule has 0 spiro atoms. The third-order valence-electron chi connectivity index (χ3n) is 5.61. The van der Waals surface area contributed by atoms with Crippen molar-refractivity contribution >= 4 is 0 Å². The summed E-state index contributed by atoms with van der Waals surface area (Å²) in [6, 6.07) is 1.89. The van der Waals surface area contributed by atoms with Crippen LogP contribution >= 0.6 is 0 Å². The molecule has 0 N–H and O–H groups in total. The van der Waals surface area contributed by atoms with Crippen LogP contribution in [0.4, 0.5) is 0 Å². The Kier molecular flexibility index (Phi) is 3.95. The fourth-order valence-electron chi connectivity index (χ4n) is 4.04. The Labute approximate surface area is 113 Å². The van der Waals surface area contributed by atoms with E-state index in [1.807, 2.05) is 0 Å².